The summed E-state index contributed by atoms with van der Waals surface area (Å²) in [7, 11) is 1.63. The van der Waals surface area contributed by atoms with E-state index in [4.69, 9.17) is 4.74 Å². The molecule has 1 amide bonds. The van der Waals surface area contributed by atoms with E-state index in [2.05, 4.69) is 10.3 Å². The number of pyridine rings is 1. The second kappa shape index (κ2) is 8.08. The van der Waals surface area contributed by atoms with E-state index in [1.54, 1.807) is 7.11 Å². The van der Waals surface area contributed by atoms with E-state index in [-0.39, 0.29) is 11.5 Å². The van der Waals surface area contributed by atoms with Crippen molar-refractivity contribution < 1.29 is 9.53 Å². The first-order valence-electron chi connectivity index (χ1n) is 9.10. The number of aromatic amines is 1. The van der Waals surface area contributed by atoms with Gasteiger partial charge in [-0.2, -0.15) is 0 Å². The van der Waals surface area contributed by atoms with Gasteiger partial charge >= 0.3 is 0 Å². The Kier molecular flexibility index (Phi) is 5.60. The zero-order valence-corrected chi connectivity index (χ0v) is 15.9. The molecule has 0 saturated heterocycles. The maximum absolute atomic E-state index is 12.3. The Labute approximate surface area is 158 Å². The average molecular weight is 364 g/mol. The zero-order chi connectivity index (χ0) is 19.4. The van der Waals surface area contributed by atoms with Crippen LogP contribution in [-0.2, 0) is 17.6 Å². The number of aromatic nitrogens is 1. The van der Waals surface area contributed by atoms with Crippen LogP contribution in [0.25, 0.3) is 10.9 Å². The predicted molar refractivity (Wildman–Crippen MR) is 109 cm³/mol. The number of nitrogens with one attached hydrogen (secondary N) is 2. The summed E-state index contributed by atoms with van der Waals surface area (Å²) in [5, 5.41) is 3.91. The van der Waals surface area contributed by atoms with Gasteiger partial charge in [0.25, 0.3) is 5.56 Å². The lowest BCUT2D eigenvalue weighted by Gasteiger charge is -2.10. The van der Waals surface area contributed by atoms with Gasteiger partial charge in [-0.1, -0.05) is 25.1 Å². The number of amides is 1. The van der Waals surface area contributed by atoms with Gasteiger partial charge in [-0.05, 0) is 55.2 Å². The second-order valence-electron chi connectivity index (χ2n) is 6.57. The van der Waals surface area contributed by atoms with Gasteiger partial charge in [0.15, 0.2) is 0 Å². The number of anilines is 1. The fraction of sp³-hybridized carbons (Fsp3) is 0.273. The molecule has 0 atom stereocenters. The van der Waals surface area contributed by atoms with Crippen LogP contribution in [0.4, 0.5) is 5.69 Å². The number of hydrogen-bond donors (Lipinski definition) is 2. The number of rotatable bonds is 6. The molecule has 27 heavy (non-hydrogen) atoms. The number of carbonyl (C=O) groups is 1. The Hall–Kier alpha value is -3.08. The van der Waals surface area contributed by atoms with Gasteiger partial charge < -0.3 is 15.0 Å². The van der Waals surface area contributed by atoms with Crippen LogP contribution in [0.5, 0.6) is 5.75 Å². The standard InChI is InChI=1S/C22H24N2O3/c1-4-18-14(2)19-11-8-16(13-20(19)24-22(18)26)23-21(25)12-7-15-5-9-17(27-3)10-6-15/h5-6,8-11,13H,4,7,12H2,1-3H3,(H,23,25)(H,24,26). The van der Waals surface area contributed by atoms with Gasteiger partial charge in [-0.25, -0.2) is 0 Å². The summed E-state index contributed by atoms with van der Waals surface area (Å²) in [4.78, 5) is 27.4. The zero-order valence-electron chi connectivity index (χ0n) is 15.9. The van der Waals surface area contributed by atoms with E-state index < -0.39 is 0 Å². The quantitative estimate of drug-likeness (QED) is 0.695. The van der Waals surface area contributed by atoms with E-state index in [9.17, 15) is 9.59 Å². The van der Waals surface area contributed by atoms with Crippen molar-refractivity contribution in [2.45, 2.75) is 33.1 Å². The number of carbonyl (C=O) groups excluding carboxylic acids is 1. The van der Waals surface area contributed by atoms with Crippen molar-refractivity contribution in [2.24, 2.45) is 0 Å². The molecule has 3 rings (SSSR count). The van der Waals surface area contributed by atoms with E-state index >= 15 is 0 Å². The van der Waals surface area contributed by atoms with Crippen molar-refractivity contribution >= 4 is 22.5 Å². The summed E-state index contributed by atoms with van der Waals surface area (Å²) in [6.07, 6.45) is 1.73. The van der Waals surface area contributed by atoms with Crippen molar-refractivity contribution in [3.8, 4) is 5.75 Å². The van der Waals surface area contributed by atoms with Gasteiger partial charge in [0.1, 0.15) is 5.75 Å². The normalized spacial score (nSPS) is 10.8. The van der Waals surface area contributed by atoms with Gasteiger partial charge in [0, 0.05) is 23.1 Å². The lowest BCUT2D eigenvalue weighted by Crippen LogP contribution is -2.15. The van der Waals surface area contributed by atoms with Gasteiger partial charge in [0.05, 0.1) is 12.6 Å². The molecule has 0 spiro atoms. The topological polar surface area (TPSA) is 71.2 Å². The molecule has 3 aromatic rings. The molecular formula is C22H24N2O3. The predicted octanol–water partition coefficient (Wildman–Crippen LogP) is 3.98. The summed E-state index contributed by atoms with van der Waals surface area (Å²) in [5.74, 6) is 0.740. The van der Waals surface area contributed by atoms with Crippen molar-refractivity contribution in [1.29, 1.82) is 0 Å². The third-order valence-electron chi connectivity index (χ3n) is 4.84. The largest absolute Gasteiger partial charge is 0.497 e. The summed E-state index contributed by atoms with van der Waals surface area (Å²) in [5.41, 5.74) is 4.23. The van der Waals surface area contributed by atoms with Gasteiger partial charge in [0.2, 0.25) is 5.91 Å². The molecular weight excluding hydrogens is 340 g/mol. The van der Waals surface area contributed by atoms with E-state index in [1.807, 2.05) is 56.3 Å². The van der Waals surface area contributed by atoms with Crippen LogP contribution < -0.4 is 15.6 Å². The van der Waals surface area contributed by atoms with Gasteiger partial charge in [-0.15, -0.1) is 0 Å². The third kappa shape index (κ3) is 4.19. The molecule has 0 radical (unpaired) electrons. The molecule has 0 aliphatic carbocycles. The van der Waals surface area contributed by atoms with Crippen LogP contribution in [0, 0.1) is 6.92 Å². The molecule has 5 heteroatoms. The molecule has 1 heterocycles. The lowest BCUT2D eigenvalue weighted by atomic mass is 10.0. The number of H-pyrrole nitrogens is 1. The van der Waals surface area contributed by atoms with Crippen LogP contribution in [0.2, 0.25) is 0 Å². The number of ether oxygens (including phenoxy) is 1. The third-order valence-corrected chi connectivity index (χ3v) is 4.84. The highest BCUT2D eigenvalue weighted by Crippen LogP contribution is 2.22. The summed E-state index contributed by atoms with van der Waals surface area (Å²) in [6.45, 7) is 3.93. The highest BCUT2D eigenvalue weighted by molar-refractivity contribution is 5.94. The Morgan fingerprint density at radius 1 is 1.15 bits per heavy atom. The molecule has 0 aliphatic rings. The first-order valence-corrected chi connectivity index (χ1v) is 9.10. The highest BCUT2D eigenvalue weighted by Gasteiger charge is 2.09. The van der Waals surface area contributed by atoms with Crippen molar-refractivity contribution in [3.63, 3.8) is 0 Å². The van der Waals surface area contributed by atoms with Crippen molar-refractivity contribution in [1.82, 2.24) is 4.98 Å². The van der Waals surface area contributed by atoms with Crippen LogP contribution in [0.1, 0.15) is 30.0 Å². The average Bonchev–Trinajstić information content (AvgIpc) is 2.67. The minimum atomic E-state index is -0.0644. The molecule has 5 nitrogen and oxygen atoms in total. The smallest absolute Gasteiger partial charge is 0.251 e. The molecule has 1 aromatic heterocycles. The van der Waals surface area contributed by atoms with Crippen LogP contribution in [0.15, 0.2) is 47.3 Å². The second-order valence-corrected chi connectivity index (χ2v) is 6.57. The molecule has 140 valence electrons. The molecule has 2 aromatic carbocycles. The number of aryl methyl sites for hydroxylation is 2. The maximum atomic E-state index is 12.3. The molecule has 0 fully saturated rings. The molecule has 0 unspecified atom stereocenters. The van der Waals surface area contributed by atoms with Crippen LogP contribution in [0.3, 0.4) is 0 Å². The molecule has 0 bridgehead atoms. The number of hydrogen-bond acceptors (Lipinski definition) is 3. The number of fused-ring (bicyclic) bond motifs is 1. The monoisotopic (exact) mass is 364 g/mol. The van der Waals surface area contributed by atoms with Crippen LogP contribution >= 0.6 is 0 Å². The summed E-state index contributed by atoms with van der Waals surface area (Å²) >= 11 is 0. The minimum Gasteiger partial charge on any atom is -0.497 e. The maximum Gasteiger partial charge on any atom is 0.251 e. The minimum absolute atomic E-state index is 0.0607. The lowest BCUT2D eigenvalue weighted by molar-refractivity contribution is -0.116. The Bertz CT molecular complexity index is 1020. The van der Waals surface area contributed by atoms with Crippen molar-refractivity contribution in [3.05, 3.63) is 69.5 Å². The molecule has 2 N–H and O–H groups in total. The Morgan fingerprint density at radius 2 is 1.89 bits per heavy atom. The fourth-order valence-electron chi connectivity index (χ4n) is 3.28. The Balaban J connectivity index is 1.70. The number of methoxy groups -OCH3 is 1. The molecule has 0 aliphatic heterocycles. The molecule has 0 saturated carbocycles. The summed E-state index contributed by atoms with van der Waals surface area (Å²) < 4.78 is 5.14. The van der Waals surface area contributed by atoms with E-state index in [1.165, 1.54) is 0 Å². The van der Waals surface area contributed by atoms with Crippen LogP contribution in [-0.4, -0.2) is 18.0 Å². The highest BCUT2D eigenvalue weighted by atomic mass is 16.5. The van der Waals surface area contributed by atoms with E-state index in [0.29, 0.717) is 24.9 Å². The fourth-order valence-corrected chi connectivity index (χ4v) is 3.28. The number of benzene rings is 2. The van der Waals surface area contributed by atoms with Gasteiger partial charge in [-0.3, -0.25) is 9.59 Å². The Morgan fingerprint density at radius 3 is 2.56 bits per heavy atom. The first-order chi connectivity index (χ1) is 13.0. The van der Waals surface area contributed by atoms with E-state index in [0.717, 1.165) is 33.3 Å². The SMILES string of the molecule is CCc1c(C)c2ccc(NC(=O)CCc3ccc(OC)cc3)cc2[nH]c1=O. The van der Waals surface area contributed by atoms with Crippen molar-refractivity contribution in [2.75, 3.05) is 12.4 Å². The summed E-state index contributed by atoms with van der Waals surface area (Å²) in [6, 6.07) is 13.3. The first kappa shape index (κ1) is 18.7.